The lowest BCUT2D eigenvalue weighted by atomic mass is 10.1. The van der Waals surface area contributed by atoms with Gasteiger partial charge in [-0.15, -0.1) is 0 Å². The highest BCUT2D eigenvalue weighted by atomic mass is 79.9. The first-order valence-corrected chi connectivity index (χ1v) is 7.07. The Hall–Kier alpha value is -1.32. The summed E-state index contributed by atoms with van der Waals surface area (Å²) in [6.45, 7) is 6.12. The average Bonchev–Trinajstić information content (AvgIpc) is 2.33. The second-order valence-corrected chi connectivity index (χ2v) is 5.73. The smallest absolute Gasteiger partial charge is 0.133 e. The lowest BCUT2D eigenvalue weighted by Crippen LogP contribution is -2.06. The molecular formula is C16H18BrNO. The Kier molecular flexibility index (Phi) is 4.27. The number of hydrogen-bond donors (Lipinski definition) is 1. The maximum Gasteiger partial charge on any atom is 0.133 e. The first kappa shape index (κ1) is 14.1. The number of hydrogen-bond acceptors (Lipinski definition) is 2. The van der Waals surface area contributed by atoms with Crippen LogP contribution in [0.15, 0.2) is 40.9 Å². The summed E-state index contributed by atoms with van der Waals surface area (Å²) in [5, 5.41) is 0. The summed E-state index contributed by atoms with van der Waals surface area (Å²) < 4.78 is 6.96. The molecule has 0 fully saturated rings. The molecule has 0 bridgehead atoms. The summed E-state index contributed by atoms with van der Waals surface area (Å²) in [5.41, 5.74) is 9.45. The van der Waals surface area contributed by atoms with E-state index < -0.39 is 0 Å². The van der Waals surface area contributed by atoms with E-state index in [0.717, 1.165) is 21.5 Å². The number of nitrogens with two attached hydrogens (primary N) is 1. The molecule has 0 spiro atoms. The Morgan fingerprint density at radius 2 is 1.79 bits per heavy atom. The average molecular weight is 320 g/mol. The van der Waals surface area contributed by atoms with Gasteiger partial charge < -0.3 is 10.5 Å². The molecule has 2 nitrogen and oxygen atoms in total. The molecular weight excluding hydrogens is 302 g/mol. The fourth-order valence-corrected chi connectivity index (χ4v) is 2.22. The summed E-state index contributed by atoms with van der Waals surface area (Å²) in [7, 11) is 0. The molecule has 2 rings (SSSR count). The standard InChI is InChI=1S/C16H18BrNO/c1-10-4-6-14(8-11(10)2)19-16-9-13(17)5-7-15(16)12(3)18/h4-9,12H,18H2,1-3H3. The van der Waals surface area contributed by atoms with Gasteiger partial charge in [0, 0.05) is 16.1 Å². The molecule has 0 amide bonds. The van der Waals surface area contributed by atoms with Crippen molar-refractivity contribution in [2.75, 3.05) is 0 Å². The Morgan fingerprint density at radius 3 is 2.42 bits per heavy atom. The van der Waals surface area contributed by atoms with Gasteiger partial charge in [0.2, 0.25) is 0 Å². The zero-order valence-electron chi connectivity index (χ0n) is 11.4. The highest BCUT2D eigenvalue weighted by Gasteiger charge is 2.10. The van der Waals surface area contributed by atoms with Crippen LogP contribution >= 0.6 is 15.9 Å². The van der Waals surface area contributed by atoms with Crippen molar-refractivity contribution in [3.8, 4) is 11.5 Å². The van der Waals surface area contributed by atoms with Crippen molar-refractivity contribution in [2.45, 2.75) is 26.8 Å². The number of aryl methyl sites for hydroxylation is 2. The third-order valence-electron chi connectivity index (χ3n) is 3.17. The Bertz CT molecular complexity index is 593. The Morgan fingerprint density at radius 1 is 1.05 bits per heavy atom. The molecule has 19 heavy (non-hydrogen) atoms. The number of ether oxygens (including phenoxy) is 1. The van der Waals surface area contributed by atoms with Crippen LogP contribution in [0.4, 0.5) is 0 Å². The summed E-state index contributed by atoms with van der Waals surface area (Å²) in [6, 6.07) is 11.9. The van der Waals surface area contributed by atoms with Crippen LogP contribution in [0.1, 0.15) is 29.7 Å². The molecule has 0 heterocycles. The maximum atomic E-state index is 5.98. The first-order chi connectivity index (χ1) is 8.97. The van der Waals surface area contributed by atoms with Gasteiger partial charge in [0.1, 0.15) is 11.5 Å². The van der Waals surface area contributed by atoms with Crippen molar-refractivity contribution in [3.05, 3.63) is 57.6 Å². The van der Waals surface area contributed by atoms with Gasteiger partial charge in [-0.2, -0.15) is 0 Å². The largest absolute Gasteiger partial charge is 0.457 e. The van der Waals surface area contributed by atoms with Gasteiger partial charge in [0.25, 0.3) is 0 Å². The van der Waals surface area contributed by atoms with Crippen LogP contribution < -0.4 is 10.5 Å². The van der Waals surface area contributed by atoms with Crippen molar-refractivity contribution >= 4 is 15.9 Å². The number of halogens is 1. The predicted octanol–water partition coefficient (Wildman–Crippen LogP) is 4.88. The van der Waals surface area contributed by atoms with E-state index >= 15 is 0 Å². The van der Waals surface area contributed by atoms with Gasteiger partial charge in [-0.25, -0.2) is 0 Å². The minimum Gasteiger partial charge on any atom is -0.457 e. The second kappa shape index (κ2) is 5.76. The molecule has 0 saturated heterocycles. The molecule has 0 radical (unpaired) electrons. The number of rotatable bonds is 3. The highest BCUT2D eigenvalue weighted by Crippen LogP contribution is 2.32. The highest BCUT2D eigenvalue weighted by molar-refractivity contribution is 9.10. The van der Waals surface area contributed by atoms with Gasteiger partial charge in [0.05, 0.1) is 0 Å². The van der Waals surface area contributed by atoms with Crippen LogP contribution in [0.2, 0.25) is 0 Å². The minimum atomic E-state index is -0.0605. The van der Waals surface area contributed by atoms with E-state index in [0.29, 0.717) is 0 Å². The van der Waals surface area contributed by atoms with Crippen LogP contribution in [0.5, 0.6) is 11.5 Å². The summed E-state index contributed by atoms with van der Waals surface area (Å²) in [4.78, 5) is 0. The van der Waals surface area contributed by atoms with Gasteiger partial charge >= 0.3 is 0 Å². The monoisotopic (exact) mass is 319 g/mol. The topological polar surface area (TPSA) is 35.2 Å². The van der Waals surface area contributed by atoms with Crippen molar-refractivity contribution in [1.29, 1.82) is 0 Å². The van der Waals surface area contributed by atoms with Crippen molar-refractivity contribution in [3.63, 3.8) is 0 Å². The van der Waals surface area contributed by atoms with Crippen LogP contribution in [0.25, 0.3) is 0 Å². The minimum absolute atomic E-state index is 0.0605. The quantitative estimate of drug-likeness (QED) is 0.875. The van der Waals surface area contributed by atoms with Gasteiger partial charge in [-0.05, 0) is 56.2 Å². The van der Waals surface area contributed by atoms with Crippen molar-refractivity contribution in [1.82, 2.24) is 0 Å². The molecule has 1 unspecified atom stereocenters. The molecule has 0 aromatic heterocycles. The molecule has 3 heteroatoms. The number of benzene rings is 2. The predicted molar refractivity (Wildman–Crippen MR) is 82.7 cm³/mol. The zero-order chi connectivity index (χ0) is 14.0. The fraction of sp³-hybridized carbons (Fsp3) is 0.250. The van der Waals surface area contributed by atoms with E-state index in [9.17, 15) is 0 Å². The first-order valence-electron chi connectivity index (χ1n) is 6.27. The molecule has 0 saturated carbocycles. The zero-order valence-corrected chi connectivity index (χ0v) is 13.0. The molecule has 0 aliphatic rings. The molecule has 1 atom stereocenters. The summed E-state index contributed by atoms with van der Waals surface area (Å²) in [6.07, 6.45) is 0. The van der Waals surface area contributed by atoms with Gasteiger partial charge in [-0.3, -0.25) is 0 Å². The van der Waals surface area contributed by atoms with E-state index in [-0.39, 0.29) is 6.04 Å². The molecule has 0 aliphatic heterocycles. The van der Waals surface area contributed by atoms with Crippen LogP contribution in [0, 0.1) is 13.8 Å². The molecule has 2 aromatic rings. The van der Waals surface area contributed by atoms with Crippen LogP contribution in [-0.4, -0.2) is 0 Å². The van der Waals surface area contributed by atoms with E-state index in [2.05, 4.69) is 35.8 Å². The summed E-state index contributed by atoms with van der Waals surface area (Å²) >= 11 is 3.46. The van der Waals surface area contributed by atoms with E-state index in [4.69, 9.17) is 10.5 Å². The van der Waals surface area contributed by atoms with Crippen LogP contribution in [0.3, 0.4) is 0 Å². The maximum absolute atomic E-state index is 5.98. The lowest BCUT2D eigenvalue weighted by Gasteiger charge is -2.15. The van der Waals surface area contributed by atoms with Crippen molar-refractivity contribution < 1.29 is 4.74 Å². The Labute approximate surface area is 122 Å². The molecule has 2 aromatic carbocycles. The lowest BCUT2D eigenvalue weighted by molar-refractivity contribution is 0.471. The molecule has 2 N–H and O–H groups in total. The van der Waals surface area contributed by atoms with Gasteiger partial charge in [0.15, 0.2) is 0 Å². The van der Waals surface area contributed by atoms with Crippen LogP contribution in [-0.2, 0) is 0 Å². The third kappa shape index (κ3) is 3.37. The third-order valence-corrected chi connectivity index (χ3v) is 3.67. The van der Waals surface area contributed by atoms with E-state index in [1.807, 2.05) is 37.3 Å². The normalized spacial score (nSPS) is 12.3. The van der Waals surface area contributed by atoms with E-state index in [1.54, 1.807) is 0 Å². The molecule has 100 valence electrons. The van der Waals surface area contributed by atoms with Gasteiger partial charge in [-0.1, -0.05) is 28.1 Å². The van der Waals surface area contributed by atoms with E-state index in [1.165, 1.54) is 11.1 Å². The molecule has 0 aliphatic carbocycles. The Balaban J connectivity index is 2.36. The summed E-state index contributed by atoms with van der Waals surface area (Å²) in [5.74, 6) is 1.63. The fourth-order valence-electron chi connectivity index (χ4n) is 1.88. The second-order valence-electron chi connectivity index (χ2n) is 4.82. The van der Waals surface area contributed by atoms with Crippen molar-refractivity contribution in [2.24, 2.45) is 5.73 Å². The SMILES string of the molecule is Cc1ccc(Oc2cc(Br)ccc2C(C)N)cc1C.